The first kappa shape index (κ1) is 12.9. The quantitative estimate of drug-likeness (QED) is 0.623. The Labute approximate surface area is 105 Å². The van der Waals surface area contributed by atoms with E-state index >= 15 is 0 Å². The third-order valence-corrected chi connectivity index (χ3v) is 4.26. The summed E-state index contributed by atoms with van der Waals surface area (Å²) in [6.45, 7) is 2.47. The second-order valence-electron chi connectivity index (χ2n) is 4.76. The number of nitrogens with zero attached hydrogens (tertiary/aromatic N) is 2. The highest BCUT2D eigenvalue weighted by Crippen LogP contribution is 2.43. The van der Waals surface area contributed by atoms with Gasteiger partial charge in [0.2, 0.25) is 5.92 Å². The van der Waals surface area contributed by atoms with Crippen molar-refractivity contribution in [3.8, 4) is 0 Å². The van der Waals surface area contributed by atoms with Crippen LogP contribution in [0.3, 0.4) is 0 Å². The molecule has 0 spiro atoms. The third kappa shape index (κ3) is 3.72. The van der Waals surface area contributed by atoms with Crippen molar-refractivity contribution in [2.75, 3.05) is 31.1 Å². The first-order valence-electron chi connectivity index (χ1n) is 6.07. The fourth-order valence-electron chi connectivity index (χ4n) is 2.24. The Morgan fingerprint density at radius 2 is 2.00 bits per heavy atom. The molecule has 2 aliphatic rings. The molecule has 1 saturated carbocycles. The van der Waals surface area contributed by atoms with E-state index in [9.17, 15) is 8.78 Å². The molecule has 2 rings (SSSR count). The van der Waals surface area contributed by atoms with Crippen LogP contribution in [0.15, 0.2) is 4.99 Å². The minimum Gasteiger partial charge on any atom is -0.370 e. The predicted molar refractivity (Wildman–Crippen MR) is 67.7 cm³/mol. The Kier molecular flexibility index (Phi) is 4.12. The van der Waals surface area contributed by atoms with Crippen LogP contribution in [0.25, 0.3) is 0 Å². The normalized spacial score (nSPS) is 25.8. The summed E-state index contributed by atoms with van der Waals surface area (Å²) in [5, 5.41) is 0. The fourth-order valence-corrected chi connectivity index (χ4v) is 3.15. The zero-order chi connectivity index (χ0) is 12.3. The SMILES string of the molecule is NC(=NCCC1CC(F)(F)C1)N1CCSCC1. The van der Waals surface area contributed by atoms with Crippen molar-refractivity contribution >= 4 is 17.7 Å². The van der Waals surface area contributed by atoms with E-state index in [0.29, 0.717) is 12.5 Å². The number of aliphatic imine (C=N–C) groups is 1. The van der Waals surface area contributed by atoms with E-state index in [1.807, 2.05) is 11.8 Å². The van der Waals surface area contributed by atoms with Gasteiger partial charge in [-0.25, -0.2) is 8.78 Å². The molecule has 1 aliphatic heterocycles. The number of halogens is 2. The van der Waals surface area contributed by atoms with Crippen LogP contribution in [-0.2, 0) is 0 Å². The van der Waals surface area contributed by atoms with E-state index in [0.717, 1.165) is 31.0 Å². The largest absolute Gasteiger partial charge is 0.370 e. The first-order chi connectivity index (χ1) is 8.07. The highest BCUT2D eigenvalue weighted by atomic mass is 32.2. The fraction of sp³-hybridized carbons (Fsp3) is 0.909. The van der Waals surface area contributed by atoms with Gasteiger partial charge in [0.25, 0.3) is 0 Å². The maximum absolute atomic E-state index is 12.6. The number of hydrogen-bond donors (Lipinski definition) is 1. The van der Waals surface area contributed by atoms with Gasteiger partial charge in [-0.2, -0.15) is 11.8 Å². The summed E-state index contributed by atoms with van der Waals surface area (Å²) in [7, 11) is 0. The Morgan fingerprint density at radius 3 is 2.59 bits per heavy atom. The summed E-state index contributed by atoms with van der Waals surface area (Å²) in [4.78, 5) is 6.36. The molecular formula is C11H19F2N3S. The van der Waals surface area contributed by atoms with E-state index in [2.05, 4.69) is 9.89 Å². The number of alkyl halides is 2. The predicted octanol–water partition coefficient (Wildman–Crippen LogP) is 1.79. The summed E-state index contributed by atoms with van der Waals surface area (Å²) < 4.78 is 25.2. The van der Waals surface area contributed by atoms with E-state index in [4.69, 9.17) is 5.73 Å². The minimum absolute atomic E-state index is 0.0305. The van der Waals surface area contributed by atoms with Crippen LogP contribution in [0, 0.1) is 5.92 Å². The lowest BCUT2D eigenvalue weighted by Crippen LogP contribution is -2.43. The molecule has 0 aromatic heterocycles. The molecule has 0 radical (unpaired) electrons. The molecule has 2 N–H and O–H groups in total. The summed E-state index contributed by atoms with van der Waals surface area (Å²) in [5.41, 5.74) is 5.87. The molecule has 1 aliphatic carbocycles. The van der Waals surface area contributed by atoms with E-state index < -0.39 is 5.92 Å². The van der Waals surface area contributed by atoms with Crippen LogP contribution in [0.4, 0.5) is 8.78 Å². The molecule has 0 unspecified atom stereocenters. The number of nitrogens with two attached hydrogens (primary N) is 1. The van der Waals surface area contributed by atoms with Gasteiger partial charge < -0.3 is 10.6 Å². The molecular weight excluding hydrogens is 244 g/mol. The van der Waals surface area contributed by atoms with E-state index in [-0.39, 0.29) is 18.8 Å². The zero-order valence-corrected chi connectivity index (χ0v) is 10.7. The smallest absolute Gasteiger partial charge is 0.248 e. The third-order valence-electron chi connectivity index (χ3n) is 3.32. The average Bonchev–Trinajstić information content (AvgIpc) is 2.27. The number of hydrogen-bond acceptors (Lipinski definition) is 2. The molecule has 1 heterocycles. The molecule has 0 aromatic carbocycles. The van der Waals surface area contributed by atoms with E-state index in [1.54, 1.807) is 0 Å². The molecule has 1 saturated heterocycles. The molecule has 98 valence electrons. The van der Waals surface area contributed by atoms with Gasteiger partial charge in [-0.05, 0) is 12.3 Å². The molecule has 2 fully saturated rings. The molecule has 0 atom stereocenters. The second-order valence-corrected chi connectivity index (χ2v) is 5.98. The van der Waals surface area contributed by atoms with Crippen molar-refractivity contribution in [1.82, 2.24) is 4.90 Å². The van der Waals surface area contributed by atoms with Gasteiger partial charge >= 0.3 is 0 Å². The molecule has 0 amide bonds. The summed E-state index contributed by atoms with van der Waals surface area (Å²) in [6, 6.07) is 0. The maximum atomic E-state index is 12.6. The molecule has 3 nitrogen and oxygen atoms in total. The van der Waals surface area contributed by atoms with Gasteiger partial charge in [0.1, 0.15) is 0 Å². The van der Waals surface area contributed by atoms with Crippen molar-refractivity contribution in [3.63, 3.8) is 0 Å². The maximum Gasteiger partial charge on any atom is 0.248 e. The highest BCUT2D eigenvalue weighted by molar-refractivity contribution is 7.99. The van der Waals surface area contributed by atoms with Crippen molar-refractivity contribution in [1.29, 1.82) is 0 Å². The minimum atomic E-state index is -2.41. The molecule has 0 aromatic rings. The van der Waals surface area contributed by atoms with Crippen molar-refractivity contribution in [2.45, 2.75) is 25.2 Å². The first-order valence-corrected chi connectivity index (χ1v) is 7.23. The second kappa shape index (κ2) is 5.42. The monoisotopic (exact) mass is 263 g/mol. The van der Waals surface area contributed by atoms with Crippen LogP contribution in [0.2, 0.25) is 0 Å². The standard InChI is InChI=1S/C11H19F2N3S/c12-11(13)7-9(8-11)1-2-15-10(14)16-3-5-17-6-4-16/h9H,1-8H2,(H2,14,15). The number of guanidine groups is 1. The number of thioether (sulfide) groups is 1. The van der Waals surface area contributed by atoms with Crippen molar-refractivity contribution in [2.24, 2.45) is 16.6 Å². The lowest BCUT2D eigenvalue weighted by atomic mass is 9.79. The summed E-state index contributed by atoms with van der Waals surface area (Å²) in [6.07, 6.45) is 0.796. The van der Waals surface area contributed by atoms with Gasteiger partial charge in [-0.1, -0.05) is 0 Å². The molecule has 6 heteroatoms. The Balaban J connectivity index is 1.66. The van der Waals surface area contributed by atoms with Gasteiger partial charge in [0, 0.05) is 44.0 Å². The highest BCUT2D eigenvalue weighted by Gasteiger charge is 2.44. The average molecular weight is 263 g/mol. The lowest BCUT2D eigenvalue weighted by Gasteiger charge is -2.34. The lowest BCUT2D eigenvalue weighted by molar-refractivity contribution is -0.111. The zero-order valence-electron chi connectivity index (χ0n) is 9.87. The Bertz CT molecular complexity index is 282. The van der Waals surface area contributed by atoms with Crippen molar-refractivity contribution in [3.05, 3.63) is 0 Å². The van der Waals surface area contributed by atoms with Crippen LogP contribution in [0.1, 0.15) is 19.3 Å². The van der Waals surface area contributed by atoms with Gasteiger partial charge in [0.15, 0.2) is 5.96 Å². The Morgan fingerprint density at radius 1 is 1.35 bits per heavy atom. The van der Waals surface area contributed by atoms with Crippen LogP contribution in [0.5, 0.6) is 0 Å². The topological polar surface area (TPSA) is 41.6 Å². The summed E-state index contributed by atoms with van der Waals surface area (Å²) >= 11 is 1.92. The summed E-state index contributed by atoms with van der Waals surface area (Å²) in [5.74, 6) is 0.481. The van der Waals surface area contributed by atoms with Gasteiger partial charge in [-0.15, -0.1) is 0 Å². The Hall–Kier alpha value is -0.520. The van der Waals surface area contributed by atoms with E-state index in [1.165, 1.54) is 0 Å². The van der Waals surface area contributed by atoms with Gasteiger partial charge in [0.05, 0.1) is 0 Å². The van der Waals surface area contributed by atoms with Crippen LogP contribution < -0.4 is 5.73 Å². The molecule has 17 heavy (non-hydrogen) atoms. The molecule has 0 bridgehead atoms. The van der Waals surface area contributed by atoms with Crippen LogP contribution in [-0.4, -0.2) is 47.9 Å². The van der Waals surface area contributed by atoms with Crippen molar-refractivity contribution < 1.29 is 8.78 Å². The van der Waals surface area contributed by atoms with Crippen LogP contribution >= 0.6 is 11.8 Å². The number of rotatable bonds is 3. The van der Waals surface area contributed by atoms with Gasteiger partial charge in [-0.3, -0.25) is 4.99 Å².